The van der Waals surface area contributed by atoms with E-state index in [1.165, 1.54) is 6.07 Å². The molecule has 1 amide bonds. The van der Waals surface area contributed by atoms with Crippen LogP contribution in [-0.4, -0.2) is 34.6 Å². The molecular weight excluding hydrogens is 247 g/mol. The monoisotopic (exact) mass is 266 g/mol. The highest BCUT2D eigenvalue weighted by atomic mass is 19.1. The van der Waals surface area contributed by atoms with Gasteiger partial charge in [0.2, 0.25) is 5.91 Å². The molecule has 1 aromatic carbocycles. The van der Waals surface area contributed by atoms with E-state index in [4.69, 9.17) is 5.73 Å². The first-order chi connectivity index (χ1) is 8.87. The Morgan fingerprint density at radius 2 is 2.11 bits per heavy atom. The summed E-state index contributed by atoms with van der Waals surface area (Å²) in [6.07, 6.45) is 1.38. The Bertz CT molecular complexity index is 478. The van der Waals surface area contributed by atoms with Gasteiger partial charge in [-0.15, -0.1) is 0 Å². The van der Waals surface area contributed by atoms with Gasteiger partial charge in [0.05, 0.1) is 5.60 Å². The molecule has 0 spiro atoms. The summed E-state index contributed by atoms with van der Waals surface area (Å²) in [5.74, 6) is -1.03. The van der Waals surface area contributed by atoms with Crippen LogP contribution in [0, 0.1) is 5.82 Å². The van der Waals surface area contributed by atoms with Gasteiger partial charge in [0.25, 0.3) is 0 Å². The van der Waals surface area contributed by atoms with Gasteiger partial charge in [-0.05, 0) is 31.9 Å². The van der Waals surface area contributed by atoms with Crippen LogP contribution in [0.4, 0.5) is 4.39 Å². The van der Waals surface area contributed by atoms with Crippen LogP contribution in [-0.2, 0) is 6.54 Å². The van der Waals surface area contributed by atoms with Crippen LogP contribution in [0.25, 0.3) is 0 Å². The second-order valence-corrected chi connectivity index (χ2v) is 5.44. The normalized spacial score (nSPS) is 19.3. The molecule has 3 N–H and O–H groups in total. The minimum atomic E-state index is -0.625. The van der Waals surface area contributed by atoms with Crippen LogP contribution >= 0.6 is 0 Å². The molecule has 104 valence electrons. The smallest absolute Gasteiger partial charge is 0.248 e. The zero-order chi connectivity index (χ0) is 14.0. The largest absolute Gasteiger partial charge is 0.390 e. The van der Waals surface area contributed by atoms with Crippen LogP contribution in [0.5, 0.6) is 0 Å². The molecule has 1 saturated heterocycles. The van der Waals surface area contributed by atoms with E-state index in [0.29, 0.717) is 24.9 Å². The Kier molecular flexibility index (Phi) is 3.87. The molecule has 0 saturated carbocycles. The number of rotatable bonds is 3. The summed E-state index contributed by atoms with van der Waals surface area (Å²) in [4.78, 5) is 13.0. The Morgan fingerprint density at radius 3 is 2.63 bits per heavy atom. The van der Waals surface area contributed by atoms with E-state index in [-0.39, 0.29) is 5.56 Å². The van der Waals surface area contributed by atoms with E-state index in [1.807, 2.05) is 6.92 Å². The summed E-state index contributed by atoms with van der Waals surface area (Å²) in [5.41, 5.74) is 5.23. The molecule has 0 bridgehead atoms. The third-order valence-electron chi connectivity index (χ3n) is 3.66. The van der Waals surface area contributed by atoms with Gasteiger partial charge in [-0.3, -0.25) is 9.69 Å². The van der Waals surface area contributed by atoms with Gasteiger partial charge in [0.15, 0.2) is 0 Å². The average Bonchev–Trinajstić information content (AvgIpc) is 2.34. The molecule has 5 heteroatoms. The molecule has 0 radical (unpaired) electrons. The van der Waals surface area contributed by atoms with Crippen molar-refractivity contribution in [2.75, 3.05) is 13.1 Å². The van der Waals surface area contributed by atoms with Crippen molar-refractivity contribution in [3.63, 3.8) is 0 Å². The summed E-state index contributed by atoms with van der Waals surface area (Å²) in [6, 6.07) is 4.32. The number of halogens is 1. The first-order valence-corrected chi connectivity index (χ1v) is 6.40. The van der Waals surface area contributed by atoms with Crippen molar-refractivity contribution in [2.45, 2.75) is 31.9 Å². The van der Waals surface area contributed by atoms with Gasteiger partial charge < -0.3 is 10.8 Å². The molecule has 1 fully saturated rings. The third kappa shape index (κ3) is 3.52. The van der Waals surface area contributed by atoms with Gasteiger partial charge in [-0.2, -0.15) is 0 Å². The fourth-order valence-corrected chi connectivity index (χ4v) is 2.26. The quantitative estimate of drug-likeness (QED) is 0.866. The first kappa shape index (κ1) is 14.0. The van der Waals surface area contributed by atoms with Crippen LogP contribution in [0.2, 0.25) is 0 Å². The number of primary amides is 1. The fraction of sp³-hybridized carbons (Fsp3) is 0.500. The number of benzene rings is 1. The topological polar surface area (TPSA) is 66.6 Å². The lowest BCUT2D eigenvalue weighted by molar-refractivity contribution is -0.00750. The number of amides is 1. The second kappa shape index (κ2) is 5.27. The van der Waals surface area contributed by atoms with Crippen molar-refractivity contribution in [1.29, 1.82) is 0 Å². The first-order valence-electron chi connectivity index (χ1n) is 6.40. The number of hydrogen-bond donors (Lipinski definition) is 2. The van der Waals surface area contributed by atoms with Gasteiger partial charge in [-0.1, -0.05) is 6.07 Å². The number of nitrogens with zero attached hydrogens (tertiary/aromatic N) is 1. The van der Waals surface area contributed by atoms with E-state index in [2.05, 4.69) is 4.90 Å². The number of carbonyl (C=O) groups excluding carboxylic acids is 1. The maximum atomic E-state index is 13.8. The van der Waals surface area contributed by atoms with Crippen molar-refractivity contribution >= 4 is 5.91 Å². The lowest BCUT2D eigenvalue weighted by atomic mass is 9.93. The van der Waals surface area contributed by atoms with Gasteiger partial charge >= 0.3 is 0 Å². The maximum Gasteiger partial charge on any atom is 0.248 e. The molecular formula is C14H19FN2O2. The fourth-order valence-electron chi connectivity index (χ4n) is 2.26. The number of hydrogen-bond acceptors (Lipinski definition) is 3. The molecule has 0 atom stereocenters. The number of likely N-dealkylation sites (tertiary alicyclic amines) is 1. The van der Waals surface area contributed by atoms with Crippen molar-refractivity contribution in [1.82, 2.24) is 4.90 Å². The van der Waals surface area contributed by atoms with Gasteiger partial charge in [-0.25, -0.2) is 4.39 Å². The SMILES string of the molecule is CC1(O)CCN(Cc2ccc(C(N)=O)cc2F)CC1. The van der Waals surface area contributed by atoms with Crippen molar-refractivity contribution < 1.29 is 14.3 Å². The summed E-state index contributed by atoms with van der Waals surface area (Å²) in [6.45, 7) is 3.79. The number of carbonyl (C=O) groups is 1. The zero-order valence-electron chi connectivity index (χ0n) is 11.0. The summed E-state index contributed by atoms with van der Waals surface area (Å²) in [7, 11) is 0. The third-order valence-corrected chi connectivity index (χ3v) is 3.66. The van der Waals surface area contributed by atoms with E-state index < -0.39 is 17.3 Å². The predicted molar refractivity (Wildman–Crippen MR) is 70.1 cm³/mol. The van der Waals surface area contributed by atoms with Crippen LogP contribution in [0.3, 0.4) is 0 Å². The van der Waals surface area contributed by atoms with Crippen LogP contribution in [0.15, 0.2) is 18.2 Å². The second-order valence-electron chi connectivity index (χ2n) is 5.44. The van der Waals surface area contributed by atoms with Crippen LogP contribution < -0.4 is 5.73 Å². The minimum Gasteiger partial charge on any atom is -0.390 e. The molecule has 1 aliphatic heterocycles. The summed E-state index contributed by atoms with van der Waals surface area (Å²) < 4.78 is 13.8. The van der Waals surface area contributed by atoms with Gasteiger partial charge in [0.1, 0.15) is 5.82 Å². The predicted octanol–water partition coefficient (Wildman–Crippen LogP) is 1.27. The molecule has 0 aliphatic carbocycles. The maximum absolute atomic E-state index is 13.8. The zero-order valence-corrected chi connectivity index (χ0v) is 11.0. The van der Waals surface area contributed by atoms with E-state index >= 15 is 0 Å². The van der Waals surface area contributed by atoms with E-state index in [1.54, 1.807) is 12.1 Å². The van der Waals surface area contributed by atoms with Crippen molar-refractivity contribution in [3.8, 4) is 0 Å². The lowest BCUT2D eigenvalue weighted by Gasteiger charge is -2.35. The Labute approximate surface area is 112 Å². The molecule has 4 nitrogen and oxygen atoms in total. The highest BCUT2D eigenvalue weighted by Crippen LogP contribution is 2.23. The van der Waals surface area contributed by atoms with Crippen LogP contribution in [0.1, 0.15) is 35.7 Å². The summed E-state index contributed by atoms with van der Waals surface area (Å²) >= 11 is 0. The van der Waals surface area contributed by atoms with Gasteiger partial charge in [0, 0.05) is 30.8 Å². The number of nitrogens with two attached hydrogens (primary N) is 1. The lowest BCUT2D eigenvalue weighted by Crippen LogP contribution is -2.42. The highest BCUT2D eigenvalue weighted by molar-refractivity contribution is 5.92. The molecule has 2 rings (SSSR count). The molecule has 0 unspecified atom stereocenters. The Balaban J connectivity index is 2.02. The Morgan fingerprint density at radius 1 is 1.47 bits per heavy atom. The molecule has 19 heavy (non-hydrogen) atoms. The molecule has 1 heterocycles. The molecule has 1 aliphatic rings. The van der Waals surface area contributed by atoms with E-state index in [0.717, 1.165) is 13.1 Å². The summed E-state index contributed by atoms with van der Waals surface area (Å²) in [5, 5.41) is 9.86. The molecule has 0 aromatic heterocycles. The van der Waals surface area contributed by atoms with Crippen molar-refractivity contribution in [2.24, 2.45) is 5.73 Å². The number of piperidine rings is 1. The average molecular weight is 266 g/mol. The van der Waals surface area contributed by atoms with E-state index in [9.17, 15) is 14.3 Å². The number of aliphatic hydroxyl groups is 1. The van der Waals surface area contributed by atoms with Crippen molar-refractivity contribution in [3.05, 3.63) is 35.1 Å². The Hall–Kier alpha value is -1.46. The highest BCUT2D eigenvalue weighted by Gasteiger charge is 2.27. The molecule has 1 aromatic rings. The standard InChI is InChI=1S/C14H19FN2O2/c1-14(19)4-6-17(7-5-14)9-11-3-2-10(13(16)18)8-12(11)15/h2-3,8,19H,4-7,9H2,1H3,(H2,16,18). The minimum absolute atomic E-state index is 0.183.